The molecular weight excluding hydrogens is 342 g/mol. The van der Waals surface area contributed by atoms with E-state index in [9.17, 15) is 4.79 Å². The van der Waals surface area contributed by atoms with Gasteiger partial charge in [0.05, 0.1) is 17.1 Å². The van der Waals surface area contributed by atoms with Crippen molar-refractivity contribution in [1.29, 1.82) is 0 Å². The standard InChI is InChI=1S/C17H20BrN3O/c1-10-11(2)20-15-5-4-13(18)8-14(15)16(10)21-7-6-12(9-21)17(22)19-3/h4-5,8,12H,6-7,9H2,1-3H3,(H,19,22). The second-order valence-electron chi connectivity index (χ2n) is 5.88. The van der Waals surface area contributed by atoms with E-state index in [-0.39, 0.29) is 11.8 Å². The molecule has 22 heavy (non-hydrogen) atoms. The largest absolute Gasteiger partial charge is 0.370 e. The first kappa shape index (κ1) is 15.3. The van der Waals surface area contributed by atoms with Gasteiger partial charge < -0.3 is 10.2 Å². The second kappa shape index (κ2) is 5.88. The first-order valence-electron chi connectivity index (χ1n) is 7.54. The number of amides is 1. The van der Waals surface area contributed by atoms with Crippen molar-refractivity contribution in [3.8, 4) is 0 Å². The van der Waals surface area contributed by atoms with E-state index in [1.165, 1.54) is 11.3 Å². The molecule has 1 N–H and O–H groups in total. The smallest absolute Gasteiger partial charge is 0.224 e. The van der Waals surface area contributed by atoms with Gasteiger partial charge in [-0.05, 0) is 44.0 Å². The number of fused-ring (bicyclic) bond motifs is 1. The molecule has 3 rings (SSSR count). The van der Waals surface area contributed by atoms with E-state index in [2.05, 4.69) is 39.1 Å². The van der Waals surface area contributed by atoms with E-state index in [1.54, 1.807) is 7.05 Å². The Bertz CT molecular complexity index is 744. The summed E-state index contributed by atoms with van der Waals surface area (Å²) in [5, 5.41) is 3.91. The number of carbonyl (C=O) groups excluding carboxylic acids is 1. The van der Waals surface area contributed by atoms with Crippen LogP contribution in [0.3, 0.4) is 0 Å². The van der Waals surface area contributed by atoms with Crippen LogP contribution in [0.1, 0.15) is 17.7 Å². The van der Waals surface area contributed by atoms with Crippen molar-refractivity contribution in [3.05, 3.63) is 33.9 Å². The monoisotopic (exact) mass is 361 g/mol. The van der Waals surface area contributed by atoms with Crippen LogP contribution in [-0.4, -0.2) is 31.0 Å². The molecule has 0 radical (unpaired) electrons. The lowest BCUT2D eigenvalue weighted by Crippen LogP contribution is -2.30. The molecule has 1 aromatic carbocycles. The number of pyridine rings is 1. The molecule has 1 aliphatic rings. The fourth-order valence-electron chi connectivity index (χ4n) is 3.22. The highest BCUT2D eigenvalue weighted by atomic mass is 79.9. The SMILES string of the molecule is CNC(=O)C1CCN(c2c(C)c(C)nc3ccc(Br)cc23)C1. The molecule has 0 aliphatic carbocycles. The highest BCUT2D eigenvalue weighted by molar-refractivity contribution is 9.10. The molecule has 1 aliphatic heterocycles. The topological polar surface area (TPSA) is 45.2 Å². The first-order valence-corrected chi connectivity index (χ1v) is 8.33. The van der Waals surface area contributed by atoms with Crippen LogP contribution in [0.5, 0.6) is 0 Å². The van der Waals surface area contributed by atoms with Crippen LogP contribution < -0.4 is 10.2 Å². The van der Waals surface area contributed by atoms with Gasteiger partial charge in [-0.1, -0.05) is 15.9 Å². The second-order valence-corrected chi connectivity index (χ2v) is 6.79. The molecule has 1 amide bonds. The van der Waals surface area contributed by atoms with Gasteiger partial charge in [-0.25, -0.2) is 0 Å². The van der Waals surface area contributed by atoms with Crippen LogP contribution in [0, 0.1) is 19.8 Å². The number of hydrogen-bond donors (Lipinski definition) is 1. The lowest BCUT2D eigenvalue weighted by molar-refractivity contribution is -0.123. The number of anilines is 1. The molecule has 0 bridgehead atoms. The fraction of sp³-hybridized carbons (Fsp3) is 0.412. The highest BCUT2D eigenvalue weighted by Gasteiger charge is 2.29. The summed E-state index contributed by atoms with van der Waals surface area (Å²) in [6.45, 7) is 5.84. The quantitative estimate of drug-likeness (QED) is 0.893. The molecule has 0 spiro atoms. The molecule has 4 nitrogen and oxygen atoms in total. The fourth-order valence-corrected chi connectivity index (χ4v) is 3.58. The molecular formula is C17H20BrN3O. The Morgan fingerprint density at radius 2 is 2.18 bits per heavy atom. The number of aryl methyl sites for hydroxylation is 1. The third-order valence-corrected chi connectivity index (χ3v) is 5.01. The third kappa shape index (κ3) is 2.58. The summed E-state index contributed by atoms with van der Waals surface area (Å²) in [6.07, 6.45) is 0.899. The molecule has 2 aromatic rings. The maximum atomic E-state index is 11.9. The van der Waals surface area contributed by atoms with Gasteiger partial charge >= 0.3 is 0 Å². The van der Waals surface area contributed by atoms with Gasteiger partial charge in [-0.2, -0.15) is 0 Å². The van der Waals surface area contributed by atoms with Crippen molar-refractivity contribution in [2.24, 2.45) is 5.92 Å². The van der Waals surface area contributed by atoms with Gasteiger partial charge in [0.15, 0.2) is 0 Å². The van der Waals surface area contributed by atoms with Crippen LogP contribution in [0.15, 0.2) is 22.7 Å². The Morgan fingerprint density at radius 3 is 2.91 bits per heavy atom. The maximum absolute atomic E-state index is 11.9. The summed E-state index contributed by atoms with van der Waals surface area (Å²) in [7, 11) is 1.71. The number of nitrogens with zero attached hydrogens (tertiary/aromatic N) is 2. The van der Waals surface area contributed by atoms with Gasteiger partial charge in [-0.15, -0.1) is 0 Å². The number of hydrogen-bond acceptors (Lipinski definition) is 3. The summed E-state index contributed by atoms with van der Waals surface area (Å²) >= 11 is 3.55. The zero-order chi connectivity index (χ0) is 15.9. The zero-order valence-corrected chi connectivity index (χ0v) is 14.7. The van der Waals surface area contributed by atoms with Crippen molar-refractivity contribution in [1.82, 2.24) is 10.3 Å². The molecule has 1 unspecified atom stereocenters. The van der Waals surface area contributed by atoms with Crippen LogP contribution in [0.4, 0.5) is 5.69 Å². The van der Waals surface area contributed by atoms with Crippen LogP contribution in [0.2, 0.25) is 0 Å². The van der Waals surface area contributed by atoms with E-state index in [0.717, 1.165) is 40.6 Å². The minimum absolute atomic E-state index is 0.0695. The zero-order valence-electron chi connectivity index (χ0n) is 13.1. The Kier molecular flexibility index (Phi) is 4.08. The van der Waals surface area contributed by atoms with Gasteiger partial charge in [0, 0.05) is 35.7 Å². The summed E-state index contributed by atoms with van der Waals surface area (Å²) in [5.74, 6) is 0.205. The molecule has 5 heteroatoms. The Balaban J connectivity index is 2.08. The maximum Gasteiger partial charge on any atom is 0.224 e. The molecule has 2 heterocycles. The van der Waals surface area contributed by atoms with E-state index in [1.807, 2.05) is 19.1 Å². The Labute approximate surface area is 139 Å². The third-order valence-electron chi connectivity index (χ3n) is 4.52. The average molecular weight is 362 g/mol. The highest BCUT2D eigenvalue weighted by Crippen LogP contribution is 2.35. The number of benzene rings is 1. The summed E-state index contributed by atoms with van der Waals surface area (Å²) in [4.78, 5) is 18.9. The number of halogens is 1. The van der Waals surface area contributed by atoms with E-state index in [4.69, 9.17) is 4.98 Å². The number of carbonyl (C=O) groups is 1. The minimum atomic E-state index is 0.0695. The molecule has 1 fully saturated rings. The van der Waals surface area contributed by atoms with Crippen molar-refractivity contribution in [2.45, 2.75) is 20.3 Å². The summed E-state index contributed by atoms with van der Waals surface area (Å²) < 4.78 is 1.05. The van der Waals surface area contributed by atoms with E-state index in [0.29, 0.717) is 0 Å². The summed E-state index contributed by atoms with van der Waals surface area (Å²) in [5.41, 5.74) is 4.47. The van der Waals surface area contributed by atoms with Crippen molar-refractivity contribution in [2.75, 3.05) is 25.0 Å². The minimum Gasteiger partial charge on any atom is -0.370 e. The van der Waals surface area contributed by atoms with Crippen molar-refractivity contribution in [3.63, 3.8) is 0 Å². The van der Waals surface area contributed by atoms with Gasteiger partial charge in [0.25, 0.3) is 0 Å². The van der Waals surface area contributed by atoms with Crippen LogP contribution >= 0.6 is 15.9 Å². The average Bonchev–Trinajstić information content (AvgIpc) is 2.98. The lowest BCUT2D eigenvalue weighted by Gasteiger charge is -2.24. The van der Waals surface area contributed by atoms with Gasteiger partial charge in [0.2, 0.25) is 5.91 Å². The molecule has 1 saturated heterocycles. The molecule has 1 aromatic heterocycles. The van der Waals surface area contributed by atoms with Gasteiger partial charge in [0.1, 0.15) is 0 Å². The van der Waals surface area contributed by atoms with Crippen LogP contribution in [-0.2, 0) is 4.79 Å². The predicted octanol–water partition coefficient (Wildman–Crippen LogP) is 3.19. The predicted molar refractivity (Wildman–Crippen MR) is 93.3 cm³/mol. The number of nitrogens with one attached hydrogen (secondary N) is 1. The Hall–Kier alpha value is -1.62. The molecule has 0 saturated carbocycles. The number of aromatic nitrogens is 1. The number of rotatable bonds is 2. The van der Waals surface area contributed by atoms with Crippen LogP contribution in [0.25, 0.3) is 10.9 Å². The van der Waals surface area contributed by atoms with E-state index < -0.39 is 0 Å². The summed E-state index contributed by atoms with van der Waals surface area (Å²) in [6, 6.07) is 6.18. The first-order chi connectivity index (χ1) is 10.5. The van der Waals surface area contributed by atoms with Crippen molar-refractivity contribution >= 4 is 38.4 Å². The van der Waals surface area contributed by atoms with Gasteiger partial charge in [-0.3, -0.25) is 9.78 Å². The molecule has 116 valence electrons. The lowest BCUT2D eigenvalue weighted by atomic mass is 10.1. The molecule has 1 atom stereocenters. The normalized spacial score (nSPS) is 18.0. The Morgan fingerprint density at radius 1 is 1.41 bits per heavy atom. The van der Waals surface area contributed by atoms with Crippen molar-refractivity contribution < 1.29 is 4.79 Å². The van der Waals surface area contributed by atoms with E-state index >= 15 is 0 Å².